The Balaban J connectivity index is 1.86. The number of rotatable bonds is 2. The minimum absolute atomic E-state index is 0.0144. The molecule has 0 N–H and O–H groups in total. The Hall–Kier alpha value is -2.83. The Bertz CT molecular complexity index is 863. The van der Waals surface area contributed by atoms with Crippen LogP contribution in [0.15, 0.2) is 48.5 Å². The van der Waals surface area contributed by atoms with E-state index in [-0.39, 0.29) is 11.8 Å². The monoisotopic (exact) mass is 390 g/mol. The predicted octanol–water partition coefficient (Wildman–Crippen LogP) is 4.07. The molecule has 7 heteroatoms. The van der Waals surface area contributed by atoms with Crippen molar-refractivity contribution in [1.29, 1.82) is 0 Å². The van der Waals surface area contributed by atoms with Crippen molar-refractivity contribution in [1.82, 2.24) is 9.80 Å². The van der Waals surface area contributed by atoms with E-state index < -0.39 is 11.7 Å². The van der Waals surface area contributed by atoms with Gasteiger partial charge in [0.1, 0.15) is 0 Å². The van der Waals surface area contributed by atoms with Crippen LogP contribution in [-0.2, 0) is 11.0 Å². The summed E-state index contributed by atoms with van der Waals surface area (Å²) in [6.45, 7) is 3.56. The normalized spacial score (nSPS) is 15.3. The van der Waals surface area contributed by atoms with Gasteiger partial charge in [-0.1, -0.05) is 30.3 Å². The van der Waals surface area contributed by atoms with E-state index >= 15 is 0 Å². The predicted molar refractivity (Wildman–Crippen MR) is 99.7 cm³/mol. The van der Waals surface area contributed by atoms with Crippen LogP contribution < -0.4 is 0 Å². The van der Waals surface area contributed by atoms with Crippen LogP contribution in [0.25, 0.3) is 11.1 Å². The molecule has 1 aliphatic rings. The molecule has 0 aliphatic carbocycles. The highest BCUT2D eigenvalue weighted by atomic mass is 19.4. The summed E-state index contributed by atoms with van der Waals surface area (Å²) < 4.78 is 38.4. The van der Waals surface area contributed by atoms with Gasteiger partial charge in [0.15, 0.2) is 0 Å². The zero-order chi connectivity index (χ0) is 20.3. The fourth-order valence-corrected chi connectivity index (χ4v) is 3.37. The van der Waals surface area contributed by atoms with Gasteiger partial charge in [-0.05, 0) is 35.7 Å². The van der Waals surface area contributed by atoms with Crippen LogP contribution in [0.4, 0.5) is 13.2 Å². The first-order valence-electron chi connectivity index (χ1n) is 9.09. The summed E-state index contributed by atoms with van der Waals surface area (Å²) in [5.41, 5.74) is 0.862. The third-order valence-corrected chi connectivity index (χ3v) is 4.91. The van der Waals surface area contributed by atoms with Crippen LogP contribution in [0, 0.1) is 0 Å². The van der Waals surface area contributed by atoms with Crippen molar-refractivity contribution < 1.29 is 22.8 Å². The molecule has 1 saturated heterocycles. The standard InChI is InChI=1S/C21H21F3N2O2/c1-15(27)25-11-4-12-26(14-13-25)20(28)19-6-3-2-5-18(19)16-7-9-17(10-8-16)21(22,23)24/h2-3,5-10H,4,11-14H2,1H3. The fraction of sp³-hybridized carbons (Fsp3) is 0.333. The molecule has 28 heavy (non-hydrogen) atoms. The summed E-state index contributed by atoms with van der Waals surface area (Å²) in [5.74, 6) is -0.194. The molecule has 0 spiro atoms. The number of carbonyl (C=O) groups is 2. The third kappa shape index (κ3) is 4.35. The summed E-state index contributed by atoms with van der Waals surface area (Å²) in [7, 11) is 0. The van der Waals surface area contributed by atoms with E-state index in [2.05, 4.69) is 0 Å². The van der Waals surface area contributed by atoms with E-state index in [4.69, 9.17) is 0 Å². The summed E-state index contributed by atoms with van der Waals surface area (Å²) in [6, 6.07) is 11.7. The van der Waals surface area contributed by atoms with Gasteiger partial charge >= 0.3 is 6.18 Å². The minimum atomic E-state index is -4.40. The lowest BCUT2D eigenvalue weighted by Gasteiger charge is -2.22. The maximum absolute atomic E-state index is 13.1. The second kappa shape index (κ2) is 8.04. The molecule has 0 atom stereocenters. The molecule has 148 valence electrons. The molecule has 0 unspecified atom stereocenters. The molecule has 1 heterocycles. The minimum Gasteiger partial charge on any atom is -0.341 e. The molecule has 4 nitrogen and oxygen atoms in total. The highest BCUT2D eigenvalue weighted by molar-refractivity contribution is 6.01. The number of nitrogens with zero attached hydrogens (tertiary/aromatic N) is 2. The van der Waals surface area contributed by atoms with Gasteiger partial charge in [-0.3, -0.25) is 9.59 Å². The first-order chi connectivity index (χ1) is 13.3. The number of benzene rings is 2. The van der Waals surface area contributed by atoms with E-state index in [1.165, 1.54) is 19.1 Å². The van der Waals surface area contributed by atoms with Crippen molar-refractivity contribution in [2.45, 2.75) is 19.5 Å². The maximum atomic E-state index is 13.1. The van der Waals surface area contributed by atoms with Gasteiger partial charge in [0.25, 0.3) is 5.91 Å². The second-order valence-electron chi connectivity index (χ2n) is 6.77. The number of halogens is 3. The molecule has 1 aliphatic heterocycles. The third-order valence-electron chi connectivity index (χ3n) is 4.91. The molecule has 2 aromatic carbocycles. The first kappa shape index (κ1) is 19.9. The zero-order valence-corrected chi connectivity index (χ0v) is 15.5. The van der Waals surface area contributed by atoms with Crippen molar-refractivity contribution >= 4 is 11.8 Å². The number of hydrogen-bond acceptors (Lipinski definition) is 2. The SMILES string of the molecule is CC(=O)N1CCCN(C(=O)c2ccccc2-c2ccc(C(F)(F)F)cc2)CC1. The molecule has 3 rings (SSSR count). The molecular weight excluding hydrogens is 369 g/mol. The fourth-order valence-electron chi connectivity index (χ4n) is 3.37. The van der Waals surface area contributed by atoms with Crippen molar-refractivity contribution in [3.05, 3.63) is 59.7 Å². The van der Waals surface area contributed by atoms with Gasteiger partial charge in [0.05, 0.1) is 5.56 Å². The van der Waals surface area contributed by atoms with Crippen LogP contribution in [0.5, 0.6) is 0 Å². The maximum Gasteiger partial charge on any atom is 0.416 e. The first-order valence-corrected chi connectivity index (χ1v) is 9.09. The molecule has 0 radical (unpaired) electrons. The average molecular weight is 390 g/mol. The Morgan fingerprint density at radius 1 is 0.857 bits per heavy atom. The van der Waals surface area contributed by atoms with Gasteiger partial charge in [-0.25, -0.2) is 0 Å². The van der Waals surface area contributed by atoms with Crippen LogP contribution in [0.2, 0.25) is 0 Å². The molecule has 0 bridgehead atoms. The van der Waals surface area contributed by atoms with Crippen LogP contribution in [0.3, 0.4) is 0 Å². The Kier molecular flexibility index (Phi) is 5.72. The van der Waals surface area contributed by atoms with Crippen molar-refractivity contribution in [3.63, 3.8) is 0 Å². The summed E-state index contributed by atoms with van der Waals surface area (Å²) in [4.78, 5) is 28.1. The molecule has 0 aromatic heterocycles. The van der Waals surface area contributed by atoms with E-state index in [1.54, 1.807) is 34.1 Å². The van der Waals surface area contributed by atoms with Gasteiger partial charge in [-0.2, -0.15) is 13.2 Å². The summed E-state index contributed by atoms with van der Waals surface area (Å²) in [5, 5.41) is 0. The van der Waals surface area contributed by atoms with Gasteiger partial charge < -0.3 is 9.80 Å². The van der Waals surface area contributed by atoms with E-state index in [0.29, 0.717) is 49.3 Å². The number of carbonyl (C=O) groups excluding carboxylic acids is 2. The molecule has 0 saturated carbocycles. The zero-order valence-electron chi connectivity index (χ0n) is 15.5. The van der Waals surface area contributed by atoms with Gasteiger partial charge in [0, 0.05) is 38.7 Å². The van der Waals surface area contributed by atoms with Gasteiger partial charge in [-0.15, -0.1) is 0 Å². The average Bonchev–Trinajstić information content (AvgIpc) is 2.93. The summed E-state index contributed by atoms with van der Waals surface area (Å²) in [6.07, 6.45) is -3.71. The largest absolute Gasteiger partial charge is 0.416 e. The Morgan fingerprint density at radius 2 is 1.46 bits per heavy atom. The number of amides is 2. The lowest BCUT2D eigenvalue weighted by atomic mass is 9.97. The number of hydrogen-bond donors (Lipinski definition) is 0. The van der Waals surface area contributed by atoms with Crippen LogP contribution in [0.1, 0.15) is 29.3 Å². The van der Waals surface area contributed by atoms with E-state index in [0.717, 1.165) is 12.1 Å². The Morgan fingerprint density at radius 3 is 2.11 bits per heavy atom. The van der Waals surface area contributed by atoms with Crippen molar-refractivity contribution in [2.75, 3.05) is 26.2 Å². The van der Waals surface area contributed by atoms with Crippen LogP contribution >= 0.6 is 0 Å². The smallest absolute Gasteiger partial charge is 0.341 e. The highest BCUT2D eigenvalue weighted by Gasteiger charge is 2.30. The van der Waals surface area contributed by atoms with E-state index in [9.17, 15) is 22.8 Å². The van der Waals surface area contributed by atoms with Crippen molar-refractivity contribution in [2.24, 2.45) is 0 Å². The van der Waals surface area contributed by atoms with Gasteiger partial charge in [0.2, 0.25) is 5.91 Å². The Labute approximate surface area is 161 Å². The number of alkyl halides is 3. The van der Waals surface area contributed by atoms with Crippen molar-refractivity contribution in [3.8, 4) is 11.1 Å². The topological polar surface area (TPSA) is 40.6 Å². The summed E-state index contributed by atoms with van der Waals surface area (Å²) >= 11 is 0. The van der Waals surface area contributed by atoms with E-state index in [1.807, 2.05) is 0 Å². The highest BCUT2D eigenvalue weighted by Crippen LogP contribution is 2.32. The lowest BCUT2D eigenvalue weighted by molar-refractivity contribution is -0.137. The molecule has 2 aromatic rings. The molecular formula is C21H21F3N2O2. The van der Waals surface area contributed by atoms with Crippen LogP contribution in [-0.4, -0.2) is 47.8 Å². The second-order valence-corrected chi connectivity index (χ2v) is 6.77. The molecule has 2 amide bonds. The lowest BCUT2D eigenvalue weighted by Crippen LogP contribution is -2.36. The quantitative estimate of drug-likeness (QED) is 0.776. The molecule has 1 fully saturated rings.